The van der Waals surface area contributed by atoms with Crippen molar-refractivity contribution in [1.29, 1.82) is 0 Å². The number of thiol groups is 1. The van der Waals surface area contributed by atoms with Gasteiger partial charge < -0.3 is 4.74 Å². The van der Waals surface area contributed by atoms with Gasteiger partial charge in [0.2, 0.25) is 0 Å². The summed E-state index contributed by atoms with van der Waals surface area (Å²) in [6.45, 7) is 1.94. The van der Waals surface area contributed by atoms with Crippen molar-refractivity contribution >= 4 is 35.8 Å². The number of ether oxygens (including phenoxy) is 1. The maximum atomic E-state index is 5.94. The van der Waals surface area contributed by atoms with E-state index in [2.05, 4.69) is 12.6 Å². The first-order valence-corrected chi connectivity index (χ1v) is 5.04. The van der Waals surface area contributed by atoms with E-state index >= 15 is 0 Å². The van der Waals surface area contributed by atoms with Crippen molar-refractivity contribution in [2.24, 2.45) is 0 Å². The minimum Gasteiger partial charge on any atom is -0.495 e. The SMILES string of the molecule is COc1c(Cl)cc(Cl)cc1C(C)S. The van der Waals surface area contributed by atoms with E-state index in [1.54, 1.807) is 13.2 Å². The van der Waals surface area contributed by atoms with Crippen LogP contribution >= 0.6 is 35.8 Å². The lowest BCUT2D eigenvalue weighted by atomic mass is 10.1. The zero-order chi connectivity index (χ0) is 10.0. The van der Waals surface area contributed by atoms with Crippen LogP contribution in [0, 0.1) is 0 Å². The minimum atomic E-state index is 0.0474. The Morgan fingerprint density at radius 1 is 1.38 bits per heavy atom. The molecule has 1 aromatic rings. The lowest BCUT2D eigenvalue weighted by Gasteiger charge is -2.12. The maximum Gasteiger partial charge on any atom is 0.141 e. The third kappa shape index (κ3) is 2.46. The van der Waals surface area contributed by atoms with Gasteiger partial charge in [0.25, 0.3) is 0 Å². The van der Waals surface area contributed by atoms with Crippen LogP contribution in [0.5, 0.6) is 5.75 Å². The van der Waals surface area contributed by atoms with Gasteiger partial charge in [-0.1, -0.05) is 23.2 Å². The van der Waals surface area contributed by atoms with Gasteiger partial charge >= 0.3 is 0 Å². The van der Waals surface area contributed by atoms with Crippen LogP contribution in [0.3, 0.4) is 0 Å². The molecule has 0 aromatic heterocycles. The summed E-state index contributed by atoms with van der Waals surface area (Å²) in [5.41, 5.74) is 0.906. The molecule has 1 rings (SSSR count). The molecule has 1 unspecified atom stereocenters. The Labute approximate surface area is 93.4 Å². The van der Waals surface area contributed by atoms with E-state index in [9.17, 15) is 0 Å². The molecule has 1 nitrogen and oxygen atoms in total. The molecular weight excluding hydrogens is 227 g/mol. The lowest BCUT2D eigenvalue weighted by Crippen LogP contribution is -1.93. The molecule has 13 heavy (non-hydrogen) atoms. The first kappa shape index (κ1) is 11.0. The van der Waals surface area contributed by atoms with Gasteiger partial charge in [0.15, 0.2) is 0 Å². The molecule has 0 N–H and O–H groups in total. The molecule has 0 saturated carbocycles. The Hall–Kier alpha value is -0.0500. The average molecular weight is 237 g/mol. The van der Waals surface area contributed by atoms with Crippen molar-refractivity contribution in [3.63, 3.8) is 0 Å². The lowest BCUT2D eigenvalue weighted by molar-refractivity contribution is 0.410. The molecule has 4 heteroatoms. The monoisotopic (exact) mass is 236 g/mol. The summed E-state index contributed by atoms with van der Waals surface area (Å²) >= 11 is 16.1. The van der Waals surface area contributed by atoms with Crippen molar-refractivity contribution in [3.05, 3.63) is 27.7 Å². The number of rotatable bonds is 2. The molecule has 0 fully saturated rings. The zero-order valence-electron chi connectivity index (χ0n) is 7.34. The largest absolute Gasteiger partial charge is 0.495 e. The summed E-state index contributed by atoms with van der Waals surface area (Å²) in [5.74, 6) is 0.647. The molecule has 0 radical (unpaired) electrons. The highest BCUT2D eigenvalue weighted by Gasteiger charge is 2.12. The Morgan fingerprint density at radius 3 is 2.46 bits per heavy atom. The molecule has 0 amide bonds. The van der Waals surface area contributed by atoms with Crippen molar-refractivity contribution < 1.29 is 4.74 Å². The summed E-state index contributed by atoms with van der Waals surface area (Å²) in [7, 11) is 1.58. The molecule has 0 saturated heterocycles. The van der Waals surface area contributed by atoms with Crippen molar-refractivity contribution in [2.75, 3.05) is 7.11 Å². The molecule has 1 aromatic carbocycles. The molecule has 72 valence electrons. The maximum absolute atomic E-state index is 5.94. The Balaban J connectivity index is 3.29. The van der Waals surface area contributed by atoms with Crippen LogP contribution in [0.25, 0.3) is 0 Å². The first-order valence-electron chi connectivity index (χ1n) is 3.77. The molecule has 0 heterocycles. The predicted octanol–water partition coefficient (Wildman–Crippen LogP) is 3.99. The van der Waals surface area contributed by atoms with Gasteiger partial charge in [0.05, 0.1) is 12.1 Å². The summed E-state index contributed by atoms with van der Waals surface area (Å²) in [6, 6.07) is 3.46. The van der Waals surface area contributed by atoms with Crippen LogP contribution in [0.1, 0.15) is 17.7 Å². The topological polar surface area (TPSA) is 9.23 Å². The second-order valence-electron chi connectivity index (χ2n) is 2.69. The predicted molar refractivity (Wildman–Crippen MR) is 60.4 cm³/mol. The highest BCUT2D eigenvalue weighted by Crippen LogP contribution is 2.37. The van der Waals surface area contributed by atoms with E-state index in [1.807, 2.05) is 13.0 Å². The number of methoxy groups -OCH3 is 1. The second kappa shape index (κ2) is 4.45. The average Bonchev–Trinajstić information content (AvgIpc) is 2.02. The van der Waals surface area contributed by atoms with Crippen molar-refractivity contribution in [2.45, 2.75) is 12.2 Å². The normalized spacial score (nSPS) is 12.7. The van der Waals surface area contributed by atoms with E-state index in [1.165, 1.54) is 0 Å². The fraction of sp³-hybridized carbons (Fsp3) is 0.333. The van der Waals surface area contributed by atoms with Crippen LogP contribution in [-0.2, 0) is 0 Å². The van der Waals surface area contributed by atoms with E-state index in [-0.39, 0.29) is 5.25 Å². The number of halogens is 2. The molecule has 0 bridgehead atoms. The van der Waals surface area contributed by atoms with Gasteiger partial charge in [0.1, 0.15) is 5.75 Å². The molecule has 0 aliphatic heterocycles. The van der Waals surface area contributed by atoms with Gasteiger partial charge in [-0.2, -0.15) is 12.6 Å². The Kier molecular flexibility index (Phi) is 3.77. The fourth-order valence-electron chi connectivity index (χ4n) is 1.11. The standard InChI is InChI=1S/C9H10Cl2OS/c1-5(13)7-3-6(10)4-8(11)9(7)12-2/h3-5,13H,1-2H3. The molecule has 1 atom stereocenters. The van der Waals surface area contributed by atoms with Crippen LogP contribution in [0.4, 0.5) is 0 Å². The molecular formula is C9H10Cl2OS. The third-order valence-corrected chi connectivity index (χ3v) is 2.47. The highest BCUT2D eigenvalue weighted by molar-refractivity contribution is 7.80. The van der Waals surface area contributed by atoms with Crippen LogP contribution in [-0.4, -0.2) is 7.11 Å². The van der Waals surface area contributed by atoms with E-state index < -0.39 is 0 Å². The number of benzene rings is 1. The number of hydrogen-bond donors (Lipinski definition) is 1. The van der Waals surface area contributed by atoms with Crippen LogP contribution in [0.2, 0.25) is 10.0 Å². The zero-order valence-corrected chi connectivity index (χ0v) is 9.75. The summed E-state index contributed by atoms with van der Waals surface area (Å²) in [5, 5.41) is 1.17. The van der Waals surface area contributed by atoms with E-state index in [0.717, 1.165) is 5.56 Å². The van der Waals surface area contributed by atoms with E-state index in [4.69, 9.17) is 27.9 Å². The summed E-state index contributed by atoms with van der Waals surface area (Å²) in [4.78, 5) is 0. The van der Waals surface area contributed by atoms with Gasteiger partial charge in [-0.3, -0.25) is 0 Å². The van der Waals surface area contributed by atoms with Crippen LogP contribution < -0.4 is 4.74 Å². The third-order valence-electron chi connectivity index (χ3n) is 1.69. The number of hydrogen-bond acceptors (Lipinski definition) is 2. The van der Waals surface area contributed by atoms with Crippen molar-refractivity contribution in [1.82, 2.24) is 0 Å². The summed E-state index contributed by atoms with van der Waals surface area (Å²) < 4.78 is 5.15. The quantitative estimate of drug-likeness (QED) is 0.765. The first-order chi connectivity index (χ1) is 6.06. The molecule has 0 aliphatic rings. The Morgan fingerprint density at radius 2 is 2.00 bits per heavy atom. The Bertz CT molecular complexity index is 313. The highest BCUT2D eigenvalue weighted by atomic mass is 35.5. The molecule has 0 spiro atoms. The second-order valence-corrected chi connectivity index (χ2v) is 4.30. The van der Waals surface area contributed by atoms with Crippen LogP contribution in [0.15, 0.2) is 12.1 Å². The molecule has 0 aliphatic carbocycles. The van der Waals surface area contributed by atoms with Gasteiger partial charge in [-0.05, 0) is 19.1 Å². The van der Waals surface area contributed by atoms with E-state index in [0.29, 0.717) is 15.8 Å². The van der Waals surface area contributed by atoms with Gasteiger partial charge in [0, 0.05) is 15.8 Å². The van der Waals surface area contributed by atoms with Gasteiger partial charge in [-0.15, -0.1) is 0 Å². The fourth-order valence-corrected chi connectivity index (χ4v) is 1.88. The van der Waals surface area contributed by atoms with Gasteiger partial charge in [-0.25, -0.2) is 0 Å². The van der Waals surface area contributed by atoms with Crippen molar-refractivity contribution in [3.8, 4) is 5.75 Å². The minimum absolute atomic E-state index is 0.0474. The smallest absolute Gasteiger partial charge is 0.141 e. The summed E-state index contributed by atoms with van der Waals surface area (Å²) in [6.07, 6.45) is 0.